The number of nitrogens with zero attached hydrogens (tertiary/aromatic N) is 2. The number of rotatable bonds is 8. The summed E-state index contributed by atoms with van der Waals surface area (Å²) in [5.74, 6) is -0.309. The third-order valence-electron chi connectivity index (χ3n) is 4.14. The molecule has 3 rings (SSSR count). The Morgan fingerprint density at radius 1 is 1.38 bits per heavy atom. The van der Waals surface area contributed by atoms with E-state index in [0.29, 0.717) is 18.7 Å². The van der Waals surface area contributed by atoms with Gasteiger partial charge < -0.3 is 14.6 Å². The van der Waals surface area contributed by atoms with Crippen molar-refractivity contribution >= 4 is 15.9 Å². The number of carbonyl (C=O) groups excluding carboxylic acids is 1. The van der Waals surface area contributed by atoms with Gasteiger partial charge >= 0.3 is 0 Å². The molecule has 26 heavy (non-hydrogen) atoms. The normalized spacial score (nSPS) is 17.3. The Kier molecular flexibility index (Phi) is 6.02. The van der Waals surface area contributed by atoms with Crippen molar-refractivity contribution < 1.29 is 17.9 Å². The average Bonchev–Trinajstić information content (AvgIpc) is 3.33. The van der Waals surface area contributed by atoms with E-state index in [0.717, 1.165) is 19.4 Å². The van der Waals surface area contributed by atoms with Crippen LogP contribution in [0.25, 0.3) is 0 Å². The summed E-state index contributed by atoms with van der Waals surface area (Å²) in [5, 5.41) is 2.79. The number of aromatic nitrogens is 2. The molecule has 9 heteroatoms. The van der Waals surface area contributed by atoms with E-state index in [1.165, 1.54) is 12.1 Å². The molecule has 1 atom stereocenters. The molecular weight excluding hydrogens is 356 g/mol. The molecule has 0 saturated carbocycles. The first-order valence-corrected chi connectivity index (χ1v) is 9.98. The molecule has 1 aromatic carbocycles. The molecule has 1 aromatic heterocycles. The van der Waals surface area contributed by atoms with Crippen molar-refractivity contribution in [3.05, 3.63) is 48.5 Å². The minimum absolute atomic E-state index is 0.0377. The second-order valence-corrected chi connectivity index (χ2v) is 7.84. The lowest BCUT2D eigenvalue weighted by Crippen LogP contribution is -2.32. The lowest BCUT2D eigenvalue weighted by Gasteiger charge is -2.12. The van der Waals surface area contributed by atoms with Gasteiger partial charge in [0.25, 0.3) is 5.91 Å². The fraction of sp³-hybridized carbons (Fsp3) is 0.412. The fourth-order valence-corrected chi connectivity index (χ4v) is 3.80. The zero-order chi connectivity index (χ0) is 18.4. The van der Waals surface area contributed by atoms with Crippen molar-refractivity contribution in [2.75, 3.05) is 19.7 Å². The minimum atomic E-state index is -3.69. The van der Waals surface area contributed by atoms with Gasteiger partial charge in [-0.2, -0.15) is 0 Å². The van der Waals surface area contributed by atoms with Crippen LogP contribution < -0.4 is 10.0 Å². The van der Waals surface area contributed by atoms with Crippen molar-refractivity contribution in [2.24, 2.45) is 0 Å². The zero-order valence-corrected chi connectivity index (χ0v) is 15.1. The number of ether oxygens (including phenoxy) is 1. The topological polar surface area (TPSA) is 102 Å². The number of carbonyl (C=O) groups is 1. The summed E-state index contributed by atoms with van der Waals surface area (Å²) in [4.78, 5) is 16.2. The third kappa shape index (κ3) is 4.90. The highest BCUT2D eigenvalue weighted by molar-refractivity contribution is 7.89. The van der Waals surface area contributed by atoms with E-state index in [9.17, 15) is 13.2 Å². The smallest absolute Gasteiger partial charge is 0.251 e. The van der Waals surface area contributed by atoms with Crippen LogP contribution >= 0.6 is 0 Å². The molecule has 1 fully saturated rings. The zero-order valence-electron chi connectivity index (χ0n) is 14.3. The van der Waals surface area contributed by atoms with Crippen LogP contribution in [-0.4, -0.2) is 49.7 Å². The summed E-state index contributed by atoms with van der Waals surface area (Å²) in [5.41, 5.74) is 0.306. The van der Waals surface area contributed by atoms with Gasteiger partial charge in [0.05, 0.1) is 17.3 Å². The first-order valence-electron chi connectivity index (χ1n) is 8.50. The lowest BCUT2D eigenvalue weighted by molar-refractivity contribution is 0.0857. The number of nitrogens with one attached hydrogen (secondary N) is 2. The maximum absolute atomic E-state index is 12.4. The maximum atomic E-state index is 12.4. The van der Waals surface area contributed by atoms with Gasteiger partial charge in [-0.15, -0.1) is 0 Å². The quantitative estimate of drug-likeness (QED) is 0.706. The van der Waals surface area contributed by atoms with E-state index < -0.39 is 10.0 Å². The van der Waals surface area contributed by atoms with Crippen molar-refractivity contribution in [1.82, 2.24) is 19.6 Å². The van der Waals surface area contributed by atoms with Crippen LogP contribution in [0.3, 0.4) is 0 Å². The molecular formula is C17H22N4O4S. The van der Waals surface area contributed by atoms with Gasteiger partial charge in [0.15, 0.2) is 0 Å². The molecule has 0 aliphatic carbocycles. The predicted molar refractivity (Wildman–Crippen MR) is 95.2 cm³/mol. The minimum Gasteiger partial charge on any atom is -0.376 e. The molecule has 2 aromatic rings. The standard InChI is InChI=1S/C17H22N4O4S/c22-17(19-12-15-4-2-10-25-15)14-3-1-5-16(11-14)26(23,24)20-7-9-21-8-6-18-13-21/h1,3,5-6,8,11,13,15,20H,2,4,7,9-10,12H2,(H,19,22). The Morgan fingerprint density at radius 2 is 2.27 bits per heavy atom. The van der Waals surface area contributed by atoms with Gasteiger partial charge in [0.1, 0.15) is 0 Å². The van der Waals surface area contributed by atoms with Crippen LogP contribution in [0.1, 0.15) is 23.2 Å². The van der Waals surface area contributed by atoms with E-state index in [1.807, 2.05) is 0 Å². The van der Waals surface area contributed by atoms with Crippen LogP contribution in [0.5, 0.6) is 0 Å². The summed E-state index contributed by atoms with van der Waals surface area (Å²) in [6.45, 7) is 1.85. The molecule has 1 amide bonds. The highest BCUT2D eigenvalue weighted by Crippen LogP contribution is 2.13. The number of imidazole rings is 1. The first kappa shape index (κ1) is 18.6. The second kappa shape index (κ2) is 8.43. The maximum Gasteiger partial charge on any atom is 0.251 e. The van der Waals surface area contributed by atoms with Gasteiger partial charge in [-0.05, 0) is 31.0 Å². The van der Waals surface area contributed by atoms with Crippen molar-refractivity contribution in [1.29, 1.82) is 0 Å². The van der Waals surface area contributed by atoms with Gasteiger partial charge in [-0.3, -0.25) is 4.79 Å². The van der Waals surface area contributed by atoms with Crippen molar-refractivity contribution in [2.45, 2.75) is 30.4 Å². The predicted octanol–water partition coefficient (Wildman–Crippen LogP) is 0.770. The molecule has 1 aliphatic heterocycles. The number of benzene rings is 1. The highest BCUT2D eigenvalue weighted by Gasteiger charge is 2.18. The molecule has 0 bridgehead atoms. The SMILES string of the molecule is O=C(NCC1CCCO1)c1cccc(S(=O)(=O)NCCn2ccnc2)c1. The Bertz CT molecular complexity index is 830. The molecule has 2 N–H and O–H groups in total. The van der Waals surface area contributed by atoms with E-state index in [-0.39, 0.29) is 23.5 Å². The molecule has 1 aliphatic rings. The number of hydrogen-bond acceptors (Lipinski definition) is 5. The van der Waals surface area contributed by atoms with Crippen LogP contribution in [0.4, 0.5) is 0 Å². The monoisotopic (exact) mass is 378 g/mol. The van der Waals surface area contributed by atoms with Gasteiger partial charge in [0, 0.05) is 44.2 Å². The molecule has 2 heterocycles. The summed E-state index contributed by atoms with van der Waals surface area (Å²) < 4.78 is 34.6. The molecule has 1 saturated heterocycles. The molecule has 140 valence electrons. The summed E-state index contributed by atoms with van der Waals surface area (Å²) >= 11 is 0. The molecule has 1 unspecified atom stereocenters. The van der Waals surface area contributed by atoms with Crippen molar-refractivity contribution in [3.63, 3.8) is 0 Å². The van der Waals surface area contributed by atoms with Crippen LogP contribution in [0.2, 0.25) is 0 Å². The van der Waals surface area contributed by atoms with Crippen LogP contribution in [0.15, 0.2) is 47.9 Å². The summed E-state index contributed by atoms with van der Waals surface area (Å²) in [6.07, 6.45) is 6.97. The van der Waals surface area contributed by atoms with E-state index in [1.54, 1.807) is 35.4 Å². The summed E-state index contributed by atoms with van der Waals surface area (Å²) in [7, 11) is -3.69. The highest BCUT2D eigenvalue weighted by atomic mass is 32.2. The Morgan fingerprint density at radius 3 is 3.00 bits per heavy atom. The largest absolute Gasteiger partial charge is 0.376 e. The fourth-order valence-electron chi connectivity index (χ4n) is 2.73. The van der Waals surface area contributed by atoms with E-state index in [4.69, 9.17) is 4.74 Å². The molecule has 0 radical (unpaired) electrons. The molecule has 0 spiro atoms. The number of amides is 1. The van der Waals surface area contributed by atoms with Gasteiger partial charge in [-0.25, -0.2) is 18.1 Å². The van der Waals surface area contributed by atoms with E-state index in [2.05, 4.69) is 15.0 Å². The summed E-state index contributed by atoms with van der Waals surface area (Å²) in [6, 6.07) is 6.00. The van der Waals surface area contributed by atoms with E-state index >= 15 is 0 Å². The number of sulfonamides is 1. The average molecular weight is 378 g/mol. The van der Waals surface area contributed by atoms with Crippen molar-refractivity contribution in [3.8, 4) is 0 Å². The van der Waals surface area contributed by atoms with Gasteiger partial charge in [-0.1, -0.05) is 6.07 Å². The van der Waals surface area contributed by atoms with Crippen LogP contribution in [-0.2, 0) is 21.3 Å². The third-order valence-corrected chi connectivity index (χ3v) is 5.60. The van der Waals surface area contributed by atoms with Gasteiger partial charge in [0.2, 0.25) is 10.0 Å². The Balaban J connectivity index is 1.58. The second-order valence-electron chi connectivity index (χ2n) is 6.07. The molecule has 8 nitrogen and oxygen atoms in total. The number of hydrogen-bond donors (Lipinski definition) is 2. The Labute approximate surface area is 152 Å². The first-order chi connectivity index (χ1) is 12.5. The van der Waals surface area contributed by atoms with Crippen LogP contribution in [0, 0.1) is 0 Å². The Hall–Kier alpha value is -2.23. The lowest BCUT2D eigenvalue weighted by atomic mass is 10.2.